The highest BCUT2D eigenvalue weighted by molar-refractivity contribution is 6.20. The van der Waals surface area contributed by atoms with Crippen molar-refractivity contribution < 1.29 is 9.53 Å². The molecule has 0 spiro atoms. The molecule has 3 heteroatoms. The number of carbonyl (C=O) groups excluding carboxylic acids is 1. The fourth-order valence-corrected chi connectivity index (χ4v) is 2.21. The first-order chi connectivity index (χ1) is 8.06. The summed E-state index contributed by atoms with van der Waals surface area (Å²) in [6.07, 6.45) is 9.20. The first-order valence-corrected chi connectivity index (χ1v) is 7.31. The van der Waals surface area contributed by atoms with Crippen molar-refractivity contribution in [3.05, 3.63) is 0 Å². The molecule has 0 radical (unpaired) electrons. The second-order valence-electron chi connectivity index (χ2n) is 4.80. The monoisotopic (exact) mass is 262 g/mol. The zero-order valence-electron chi connectivity index (χ0n) is 11.5. The third kappa shape index (κ3) is 12.0. The highest BCUT2D eigenvalue weighted by Crippen LogP contribution is 2.17. The molecule has 0 saturated carbocycles. The fourth-order valence-electron chi connectivity index (χ4n) is 1.90. The Bertz CT molecular complexity index is 195. The van der Waals surface area contributed by atoms with Crippen molar-refractivity contribution >= 4 is 17.6 Å². The van der Waals surface area contributed by atoms with Gasteiger partial charge in [0.05, 0.1) is 6.10 Å². The zero-order chi connectivity index (χ0) is 13.1. The van der Waals surface area contributed by atoms with Crippen LogP contribution in [0.4, 0.5) is 0 Å². The van der Waals surface area contributed by atoms with Gasteiger partial charge in [-0.05, 0) is 32.6 Å². The van der Waals surface area contributed by atoms with Crippen LogP contribution in [0.25, 0.3) is 0 Å². The molecule has 17 heavy (non-hydrogen) atoms. The van der Waals surface area contributed by atoms with E-state index in [0.29, 0.717) is 5.38 Å². The summed E-state index contributed by atoms with van der Waals surface area (Å²) in [6.45, 7) is 5.61. The lowest BCUT2D eigenvalue weighted by Crippen LogP contribution is -2.12. The van der Waals surface area contributed by atoms with Gasteiger partial charge < -0.3 is 4.74 Å². The van der Waals surface area contributed by atoms with Crippen LogP contribution in [-0.4, -0.2) is 17.5 Å². The number of esters is 1. The minimum Gasteiger partial charge on any atom is -0.463 e. The molecule has 2 atom stereocenters. The topological polar surface area (TPSA) is 26.3 Å². The van der Waals surface area contributed by atoms with Gasteiger partial charge in [0, 0.05) is 12.3 Å². The van der Waals surface area contributed by atoms with E-state index < -0.39 is 0 Å². The molecule has 0 rings (SSSR count). The molecule has 2 nitrogen and oxygen atoms in total. The van der Waals surface area contributed by atoms with Crippen LogP contribution in [0.5, 0.6) is 0 Å². The molecule has 0 aliphatic rings. The molecule has 0 saturated heterocycles. The van der Waals surface area contributed by atoms with Gasteiger partial charge in [0.15, 0.2) is 0 Å². The Morgan fingerprint density at radius 1 is 1.12 bits per heavy atom. The fraction of sp³-hybridized carbons (Fsp3) is 0.929. The number of hydrogen-bond acceptors (Lipinski definition) is 2. The lowest BCUT2D eigenvalue weighted by molar-refractivity contribution is -0.145. The Kier molecular flexibility index (Phi) is 10.7. The van der Waals surface area contributed by atoms with Gasteiger partial charge in [-0.15, -0.1) is 11.6 Å². The highest BCUT2D eigenvalue weighted by Gasteiger charge is 2.07. The summed E-state index contributed by atoms with van der Waals surface area (Å²) < 4.78 is 5.06. The van der Waals surface area contributed by atoms with E-state index in [4.69, 9.17) is 16.3 Å². The minimum absolute atomic E-state index is 0.0429. The standard InChI is InChI=1S/C14H27ClO2/c1-4-5-6-10-14(15)11-8-7-9-12(2)17-13(3)16/h12,14H,4-11H2,1-3H3/t12?,14-/m1/s1. The molecule has 0 aliphatic heterocycles. The van der Waals surface area contributed by atoms with Crippen LogP contribution in [0.15, 0.2) is 0 Å². The Hall–Kier alpha value is -0.240. The van der Waals surface area contributed by atoms with Gasteiger partial charge in [0.1, 0.15) is 0 Å². The van der Waals surface area contributed by atoms with Crippen molar-refractivity contribution in [2.24, 2.45) is 0 Å². The van der Waals surface area contributed by atoms with Gasteiger partial charge in [0.25, 0.3) is 0 Å². The van der Waals surface area contributed by atoms with Gasteiger partial charge in [-0.25, -0.2) is 0 Å². The van der Waals surface area contributed by atoms with E-state index in [0.717, 1.165) is 32.1 Å². The van der Waals surface area contributed by atoms with Crippen LogP contribution >= 0.6 is 11.6 Å². The maximum atomic E-state index is 10.7. The van der Waals surface area contributed by atoms with Gasteiger partial charge in [-0.1, -0.05) is 32.6 Å². The molecule has 0 fully saturated rings. The predicted molar refractivity (Wildman–Crippen MR) is 73.5 cm³/mol. The molecule has 0 amide bonds. The average Bonchev–Trinajstić information content (AvgIpc) is 2.24. The van der Waals surface area contributed by atoms with Crippen LogP contribution in [0, 0.1) is 0 Å². The molecule has 0 bridgehead atoms. The van der Waals surface area contributed by atoms with E-state index in [2.05, 4.69) is 6.92 Å². The van der Waals surface area contributed by atoms with Crippen molar-refractivity contribution in [3.8, 4) is 0 Å². The minimum atomic E-state index is -0.188. The second-order valence-corrected chi connectivity index (χ2v) is 5.41. The summed E-state index contributed by atoms with van der Waals surface area (Å²) in [5, 5.41) is 0.325. The van der Waals surface area contributed by atoms with E-state index in [1.165, 1.54) is 26.2 Å². The highest BCUT2D eigenvalue weighted by atomic mass is 35.5. The first-order valence-electron chi connectivity index (χ1n) is 6.87. The van der Waals surface area contributed by atoms with Gasteiger partial charge in [-0.2, -0.15) is 0 Å². The summed E-state index contributed by atoms with van der Waals surface area (Å²) in [7, 11) is 0. The van der Waals surface area contributed by atoms with Crippen molar-refractivity contribution in [2.75, 3.05) is 0 Å². The number of alkyl halides is 1. The number of halogens is 1. The first kappa shape index (κ1) is 16.8. The van der Waals surface area contributed by atoms with E-state index in [-0.39, 0.29) is 12.1 Å². The average molecular weight is 263 g/mol. The summed E-state index contributed by atoms with van der Waals surface area (Å²) in [5.74, 6) is -0.188. The van der Waals surface area contributed by atoms with Gasteiger partial charge in [-0.3, -0.25) is 4.79 Å². The molecule has 102 valence electrons. The maximum absolute atomic E-state index is 10.7. The summed E-state index contributed by atoms with van der Waals surface area (Å²) in [4.78, 5) is 10.7. The smallest absolute Gasteiger partial charge is 0.302 e. The molecular formula is C14H27ClO2. The summed E-state index contributed by atoms with van der Waals surface area (Å²) >= 11 is 6.23. The van der Waals surface area contributed by atoms with Crippen LogP contribution in [0.1, 0.15) is 72.1 Å². The molecule has 1 unspecified atom stereocenters. The Balaban J connectivity index is 3.34. The lowest BCUT2D eigenvalue weighted by atomic mass is 10.1. The Labute approximate surface area is 111 Å². The van der Waals surface area contributed by atoms with Crippen LogP contribution in [0.3, 0.4) is 0 Å². The lowest BCUT2D eigenvalue weighted by Gasteiger charge is -2.12. The van der Waals surface area contributed by atoms with Crippen molar-refractivity contribution in [1.82, 2.24) is 0 Å². The number of unbranched alkanes of at least 4 members (excludes halogenated alkanes) is 3. The third-order valence-corrected chi connectivity index (χ3v) is 3.30. The van der Waals surface area contributed by atoms with E-state index in [1.54, 1.807) is 0 Å². The number of ether oxygens (including phenoxy) is 1. The predicted octanol–water partition coefficient (Wildman–Crippen LogP) is 4.69. The molecule has 0 heterocycles. The van der Waals surface area contributed by atoms with Gasteiger partial charge >= 0.3 is 5.97 Å². The van der Waals surface area contributed by atoms with Crippen molar-refractivity contribution in [3.63, 3.8) is 0 Å². The molecular weight excluding hydrogens is 236 g/mol. The molecule has 0 aromatic carbocycles. The molecule has 0 aromatic heterocycles. The van der Waals surface area contributed by atoms with E-state index in [1.807, 2.05) is 6.92 Å². The molecule has 0 N–H and O–H groups in total. The van der Waals surface area contributed by atoms with Crippen LogP contribution in [0.2, 0.25) is 0 Å². The van der Waals surface area contributed by atoms with E-state index >= 15 is 0 Å². The van der Waals surface area contributed by atoms with Crippen molar-refractivity contribution in [2.45, 2.75) is 83.6 Å². The zero-order valence-corrected chi connectivity index (χ0v) is 12.3. The van der Waals surface area contributed by atoms with Gasteiger partial charge in [0.2, 0.25) is 0 Å². The van der Waals surface area contributed by atoms with Crippen LogP contribution in [-0.2, 0) is 9.53 Å². The number of carbonyl (C=O) groups is 1. The molecule has 0 aromatic rings. The van der Waals surface area contributed by atoms with E-state index in [9.17, 15) is 4.79 Å². The number of rotatable bonds is 10. The SMILES string of the molecule is CCCCC[C@@H](Cl)CCCCC(C)OC(C)=O. The van der Waals surface area contributed by atoms with Crippen molar-refractivity contribution in [1.29, 1.82) is 0 Å². The number of hydrogen-bond donors (Lipinski definition) is 0. The summed E-state index contributed by atoms with van der Waals surface area (Å²) in [6, 6.07) is 0. The summed E-state index contributed by atoms with van der Waals surface area (Å²) in [5.41, 5.74) is 0. The second kappa shape index (κ2) is 10.9. The largest absolute Gasteiger partial charge is 0.463 e. The maximum Gasteiger partial charge on any atom is 0.302 e. The quantitative estimate of drug-likeness (QED) is 0.324. The molecule has 0 aliphatic carbocycles. The Morgan fingerprint density at radius 2 is 1.65 bits per heavy atom. The third-order valence-electron chi connectivity index (χ3n) is 2.87. The van der Waals surface area contributed by atoms with Crippen LogP contribution < -0.4 is 0 Å². The normalized spacial score (nSPS) is 14.4. The Morgan fingerprint density at radius 3 is 2.18 bits per heavy atom.